The molecule has 0 radical (unpaired) electrons. The third-order valence-electron chi connectivity index (χ3n) is 1.72. The average molecular weight is 195 g/mol. The molecule has 0 saturated carbocycles. The highest BCUT2D eigenvalue weighted by atomic mass is 31.2. The minimum absolute atomic E-state index is 0.0556. The molecule has 1 aliphatic rings. The van der Waals surface area contributed by atoms with Crippen molar-refractivity contribution >= 4 is 7.82 Å². The first kappa shape index (κ1) is 10.2. The van der Waals surface area contributed by atoms with Crippen molar-refractivity contribution in [3.8, 4) is 0 Å². The van der Waals surface area contributed by atoms with Gasteiger partial charge in [-0.05, 0) is 6.92 Å². The predicted molar refractivity (Wildman–Crippen MR) is 41.8 cm³/mol. The van der Waals surface area contributed by atoms with Crippen LogP contribution in [0, 0.1) is 6.92 Å². The molecule has 1 aliphatic heterocycles. The Hall–Kier alpha value is 0.0700. The van der Waals surface area contributed by atoms with Gasteiger partial charge in [0, 0.05) is 6.92 Å². The Morgan fingerprint density at radius 2 is 2.42 bits per heavy atom. The molecule has 0 spiro atoms. The van der Waals surface area contributed by atoms with E-state index in [1.54, 1.807) is 13.8 Å². The zero-order chi connectivity index (χ0) is 9.41. The van der Waals surface area contributed by atoms with Crippen LogP contribution in [0.2, 0.25) is 0 Å². The molecule has 0 aromatic rings. The zero-order valence-corrected chi connectivity index (χ0v) is 8.17. The number of hydrogen-bond acceptors (Lipinski definition) is 4. The third-order valence-corrected chi connectivity index (χ3v) is 3.43. The van der Waals surface area contributed by atoms with E-state index in [4.69, 9.17) is 13.6 Å². The minimum Gasteiger partial charge on any atom is -0.328 e. The fraction of sp³-hybridized carbons (Fsp3) is 0.833. The van der Waals surface area contributed by atoms with E-state index in [0.29, 0.717) is 0 Å². The van der Waals surface area contributed by atoms with Crippen LogP contribution in [-0.4, -0.2) is 18.4 Å². The maximum absolute atomic E-state index is 11.5. The van der Waals surface area contributed by atoms with Crippen LogP contribution in [0.4, 0.5) is 0 Å². The van der Waals surface area contributed by atoms with Crippen molar-refractivity contribution in [2.45, 2.75) is 25.7 Å². The van der Waals surface area contributed by atoms with E-state index in [1.807, 2.05) is 0 Å². The third kappa shape index (κ3) is 1.87. The highest BCUT2D eigenvalue weighted by molar-refractivity contribution is 7.48. The van der Waals surface area contributed by atoms with Crippen LogP contribution >= 0.6 is 7.82 Å². The summed E-state index contributed by atoms with van der Waals surface area (Å²) in [6, 6.07) is 0. The molecule has 1 saturated heterocycles. The van der Waals surface area contributed by atoms with E-state index in [9.17, 15) is 4.57 Å². The van der Waals surface area contributed by atoms with Crippen molar-refractivity contribution in [3.63, 3.8) is 0 Å². The first-order valence-electron chi connectivity index (χ1n) is 3.68. The van der Waals surface area contributed by atoms with Crippen molar-refractivity contribution in [1.82, 2.24) is 0 Å². The molecule has 3 atom stereocenters. The van der Waals surface area contributed by atoms with Gasteiger partial charge in [0.25, 0.3) is 0 Å². The van der Waals surface area contributed by atoms with Crippen LogP contribution in [0.1, 0.15) is 13.8 Å². The lowest BCUT2D eigenvalue weighted by molar-refractivity contribution is -0.535. The number of hydrogen-bond donors (Lipinski definition) is 1. The summed E-state index contributed by atoms with van der Waals surface area (Å²) in [5.41, 5.74) is 2.91. The molecule has 12 heavy (non-hydrogen) atoms. The monoisotopic (exact) mass is 195 g/mol. The first-order chi connectivity index (χ1) is 5.40. The molecule has 6 heteroatoms. The topological polar surface area (TPSA) is 72.4 Å². The molecular formula is C6H14NO4P. The van der Waals surface area contributed by atoms with E-state index in [-0.39, 0.29) is 12.7 Å². The van der Waals surface area contributed by atoms with Crippen LogP contribution in [0.15, 0.2) is 0 Å². The van der Waals surface area contributed by atoms with Gasteiger partial charge < -0.3 is 17.2 Å². The summed E-state index contributed by atoms with van der Waals surface area (Å²) in [6.45, 7) is 6.88. The van der Waals surface area contributed by atoms with Crippen LogP contribution in [0.3, 0.4) is 0 Å². The van der Waals surface area contributed by atoms with Gasteiger partial charge in [-0.25, -0.2) is 9.09 Å². The number of rotatable bonds is 2. The zero-order valence-electron chi connectivity index (χ0n) is 7.28. The summed E-state index contributed by atoms with van der Waals surface area (Å²) in [6.07, 6.45) is -0.338. The van der Waals surface area contributed by atoms with E-state index >= 15 is 0 Å². The Labute approximate surface area is 71.8 Å². The number of phosphoric ester groups is 1. The summed E-state index contributed by atoms with van der Waals surface area (Å²) in [5, 5.41) is 0. The SMILES string of the molecule is [CH2-]COP1(=O)OC(C)C(C)([NH3+])O1. The summed E-state index contributed by atoms with van der Waals surface area (Å²) in [7, 11) is -3.37. The molecule has 1 heterocycles. The highest BCUT2D eigenvalue weighted by Crippen LogP contribution is 2.58. The molecule has 3 N–H and O–H groups in total. The molecule has 0 amide bonds. The van der Waals surface area contributed by atoms with Crippen LogP contribution in [0.5, 0.6) is 0 Å². The van der Waals surface area contributed by atoms with E-state index in [0.717, 1.165) is 0 Å². The van der Waals surface area contributed by atoms with Gasteiger partial charge in [-0.15, -0.1) is 0 Å². The summed E-state index contributed by atoms with van der Waals surface area (Å²) >= 11 is 0. The maximum Gasteiger partial charge on any atom is 0.477 e. The van der Waals surface area contributed by atoms with Crippen LogP contribution in [-0.2, 0) is 18.1 Å². The van der Waals surface area contributed by atoms with Gasteiger partial charge >= 0.3 is 7.82 Å². The standard InChI is InChI=1S/C6H13NO4P/c1-4-9-12(8)10-5(2)6(3,7)11-12/h5H,1,4,7H2,2-3H3/q-1/p+1. The highest BCUT2D eigenvalue weighted by Gasteiger charge is 2.52. The fourth-order valence-electron chi connectivity index (χ4n) is 0.825. The molecular weight excluding hydrogens is 181 g/mol. The Bertz CT molecular complexity index is 218. The second-order valence-corrected chi connectivity index (χ2v) is 4.48. The molecule has 0 aromatic carbocycles. The van der Waals surface area contributed by atoms with Gasteiger partial charge in [0.05, 0.1) is 0 Å². The van der Waals surface area contributed by atoms with Gasteiger partial charge in [-0.3, -0.25) is 4.52 Å². The maximum atomic E-state index is 11.5. The van der Waals surface area contributed by atoms with E-state index < -0.39 is 13.5 Å². The Morgan fingerprint density at radius 1 is 1.83 bits per heavy atom. The van der Waals surface area contributed by atoms with Crippen molar-refractivity contribution in [3.05, 3.63) is 6.92 Å². The van der Waals surface area contributed by atoms with Gasteiger partial charge in [0.15, 0.2) is 0 Å². The van der Waals surface area contributed by atoms with Crippen molar-refractivity contribution in [2.24, 2.45) is 0 Å². The minimum atomic E-state index is -3.37. The Kier molecular flexibility index (Phi) is 2.61. The first-order valence-corrected chi connectivity index (χ1v) is 5.14. The smallest absolute Gasteiger partial charge is 0.328 e. The van der Waals surface area contributed by atoms with Gasteiger partial charge in [-0.1, -0.05) is 6.61 Å². The van der Waals surface area contributed by atoms with Gasteiger partial charge in [0.1, 0.15) is 6.10 Å². The summed E-state index contributed by atoms with van der Waals surface area (Å²) < 4.78 is 26.3. The lowest BCUT2D eigenvalue weighted by Crippen LogP contribution is -2.74. The van der Waals surface area contributed by atoms with Gasteiger partial charge in [-0.2, -0.15) is 0 Å². The molecule has 0 aliphatic carbocycles. The second kappa shape index (κ2) is 3.09. The molecule has 1 rings (SSSR count). The van der Waals surface area contributed by atoms with E-state index in [2.05, 4.69) is 12.7 Å². The molecule has 1 fully saturated rings. The molecule has 0 bridgehead atoms. The normalized spacial score (nSPS) is 48.2. The predicted octanol–water partition coefficient (Wildman–Crippen LogP) is 0.339. The second-order valence-electron chi connectivity index (χ2n) is 2.93. The molecule has 3 unspecified atom stereocenters. The van der Waals surface area contributed by atoms with Crippen LogP contribution in [0.25, 0.3) is 0 Å². The largest absolute Gasteiger partial charge is 0.477 e. The quantitative estimate of drug-likeness (QED) is 0.509. The lowest BCUT2D eigenvalue weighted by atomic mass is 10.2. The summed E-state index contributed by atoms with van der Waals surface area (Å²) in [4.78, 5) is 0. The fourth-order valence-corrected chi connectivity index (χ4v) is 2.47. The van der Waals surface area contributed by atoms with Crippen molar-refractivity contribution in [1.29, 1.82) is 0 Å². The Balaban J connectivity index is 2.71. The number of phosphoric acid groups is 1. The number of quaternary nitrogens is 1. The van der Waals surface area contributed by atoms with Crippen LogP contribution < -0.4 is 5.73 Å². The molecule has 0 aromatic heterocycles. The van der Waals surface area contributed by atoms with Gasteiger partial charge in [0.2, 0.25) is 5.72 Å². The lowest BCUT2D eigenvalue weighted by Gasteiger charge is -2.14. The van der Waals surface area contributed by atoms with Crippen molar-refractivity contribution in [2.75, 3.05) is 6.61 Å². The summed E-state index contributed by atoms with van der Waals surface area (Å²) in [5.74, 6) is 0. The van der Waals surface area contributed by atoms with Crippen molar-refractivity contribution < 1.29 is 23.9 Å². The Morgan fingerprint density at radius 3 is 2.75 bits per heavy atom. The average Bonchev–Trinajstić information content (AvgIpc) is 2.02. The van der Waals surface area contributed by atoms with E-state index in [1.165, 1.54) is 0 Å². The molecule has 5 nitrogen and oxygen atoms in total. The molecule has 72 valence electrons.